The molecule has 0 atom stereocenters. The molecular formula is C9H18NO3+. The largest absolute Gasteiger partial charge is 0.460 e. The average molecular weight is 188 g/mol. The molecule has 0 radical (unpaired) electrons. The number of hydrogen-bond acceptors (Lipinski definition) is 3. The number of ether oxygens (including phenoxy) is 2. The van der Waals surface area contributed by atoms with Gasteiger partial charge in [-0.1, -0.05) is 6.92 Å². The summed E-state index contributed by atoms with van der Waals surface area (Å²) in [4.78, 5) is 12.3. The van der Waals surface area contributed by atoms with Gasteiger partial charge in [0.05, 0.1) is 13.2 Å². The Morgan fingerprint density at radius 2 is 2.15 bits per heavy atom. The maximum Gasteiger partial charge on any atom is 0.305 e. The fraction of sp³-hybridized carbons (Fsp3) is 0.889. The van der Waals surface area contributed by atoms with Gasteiger partial charge in [-0.2, -0.15) is 0 Å². The highest BCUT2D eigenvalue weighted by Crippen LogP contribution is 1.82. The van der Waals surface area contributed by atoms with Gasteiger partial charge in [-0.05, 0) is 0 Å². The maximum atomic E-state index is 10.8. The predicted octanol–water partition coefficient (Wildman–Crippen LogP) is -1.15. The van der Waals surface area contributed by atoms with Gasteiger partial charge in [0, 0.05) is 6.42 Å². The van der Waals surface area contributed by atoms with E-state index in [-0.39, 0.29) is 5.97 Å². The quantitative estimate of drug-likeness (QED) is 0.567. The molecule has 0 spiro atoms. The number of morpholine rings is 1. The Balaban J connectivity index is 2.01. The molecule has 1 rings (SSSR count). The van der Waals surface area contributed by atoms with Crippen molar-refractivity contribution >= 4 is 5.97 Å². The number of rotatable bonds is 4. The van der Waals surface area contributed by atoms with Crippen molar-refractivity contribution in [2.45, 2.75) is 13.3 Å². The Morgan fingerprint density at radius 3 is 2.77 bits per heavy atom. The van der Waals surface area contributed by atoms with Crippen LogP contribution >= 0.6 is 0 Å². The molecule has 0 bridgehead atoms. The first-order chi connectivity index (χ1) is 6.33. The molecule has 1 saturated heterocycles. The van der Waals surface area contributed by atoms with Gasteiger partial charge < -0.3 is 14.4 Å². The molecule has 4 heteroatoms. The number of hydrogen-bond donors (Lipinski definition) is 1. The van der Waals surface area contributed by atoms with Gasteiger partial charge in [0.2, 0.25) is 0 Å². The lowest BCUT2D eigenvalue weighted by Gasteiger charge is -2.23. The highest BCUT2D eigenvalue weighted by atomic mass is 16.5. The van der Waals surface area contributed by atoms with Gasteiger partial charge in [-0.15, -0.1) is 0 Å². The Bertz CT molecular complexity index is 155. The summed E-state index contributed by atoms with van der Waals surface area (Å²) >= 11 is 0. The first-order valence-corrected chi connectivity index (χ1v) is 4.90. The average Bonchev–Trinajstić information content (AvgIpc) is 2.19. The van der Waals surface area contributed by atoms with E-state index in [4.69, 9.17) is 9.47 Å². The summed E-state index contributed by atoms with van der Waals surface area (Å²) in [6.45, 7) is 6.99. The molecule has 0 unspecified atom stereocenters. The van der Waals surface area contributed by atoms with Crippen molar-refractivity contribution in [1.29, 1.82) is 0 Å². The van der Waals surface area contributed by atoms with Crippen LogP contribution in [-0.2, 0) is 14.3 Å². The number of esters is 1. The summed E-state index contributed by atoms with van der Waals surface area (Å²) in [6, 6.07) is 0. The van der Waals surface area contributed by atoms with Crippen molar-refractivity contribution in [3.05, 3.63) is 0 Å². The molecule has 4 nitrogen and oxygen atoms in total. The highest BCUT2D eigenvalue weighted by Gasteiger charge is 2.13. The van der Waals surface area contributed by atoms with Gasteiger partial charge in [0.1, 0.15) is 26.2 Å². The second-order valence-electron chi connectivity index (χ2n) is 3.19. The molecule has 0 aromatic carbocycles. The Hall–Kier alpha value is -0.610. The van der Waals surface area contributed by atoms with Gasteiger partial charge in [-0.3, -0.25) is 4.79 Å². The van der Waals surface area contributed by atoms with E-state index < -0.39 is 0 Å². The summed E-state index contributed by atoms with van der Waals surface area (Å²) in [7, 11) is 0. The first kappa shape index (κ1) is 10.5. The minimum Gasteiger partial charge on any atom is -0.460 e. The van der Waals surface area contributed by atoms with E-state index in [1.807, 2.05) is 6.92 Å². The Morgan fingerprint density at radius 1 is 1.46 bits per heavy atom. The third kappa shape index (κ3) is 4.24. The van der Waals surface area contributed by atoms with Crippen LogP contribution in [0.25, 0.3) is 0 Å². The molecule has 1 heterocycles. The summed E-state index contributed by atoms with van der Waals surface area (Å²) in [5.41, 5.74) is 0. The van der Waals surface area contributed by atoms with Crippen molar-refractivity contribution in [3.63, 3.8) is 0 Å². The van der Waals surface area contributed by atoms with Gasteiger partial charge in [0.25, 0.3) is 0 Å². The van der Waals surface area contributed by atoms with Gasteiger partial charge >= 0.3 is 5.97 Å². The third-order valence-corrected chi connectivity index (χ3v) is 2.21. The summed E-state index contributed by atoms with van der Waals surface area (Å²) in [5, 5.41) is 0. The molecular weight excluding hydrogens is 170 g/mol. The van der Waals surface area contributed by atoms with Crippen molar-refractivity contribution in [2.24, 2.45) is 0 Å². The highest BCUT2D eigenvalue weighted by molar-refractivity contribution is 5.68. The van der Waals surface area contributed by atoms with Crippen LogP contribution in [0.4, 0.5) is 0 Å². The van der Waals surface area contributed by atoms with Crippen LogP contribution in [0, 0.1) is 0 Å². The number of carbonyl (C=O) groups excluding carboxylic acids is 1. The zero-order valence-corrected chi connectivity index (χ0v) is 8.17. The smallest absolute Gasteiger partial charge is 0.305 e. The van der Waals surface area contributed by atoms with Crippen LogP contribution in [0.2, 0.25) is 0 Å². The fourth-order valence-corrected chi connectivity index (χ4v) is 1.32. The molecule has 0 aliphatic carbocycles. The number of carbonyl (C=O) groups is 1. The van der Waals surface area contributed by atoms with Crippen LogP contribution < -0.4 is 4.90 Å². The standard InChI is InChI=1S/C9H17NO3/c1-2-9(11)13-8-5-10-3-6-12-7-4-10/h2-8H2,1H3/p+1. The van der Waals surface area contributed by atoms with E-state index >= 15 is 0 Å². The van der Waals surface area contributed by atoms with E-state index in [1.54, 1.807) is 0 Å². The molecule has 0 amide bonds. The van der Waals surface area contributed by atoms with E-state index in [9.17, 15) is 4.79 Å². The van der Waals surface area contributed by atoms with E-state index in [1.165, 1.54) is 4.90 Å². The van der Waals surface area contributed by atoms with Crippen molar-refractivity contribution in [1.82, 2.24) is 0 Å². The van der Waals surface area contributed by atoms with E-state index in [2.05, 4.69) is 0 Å². The zero-order valence-electron chi connectivity index (χ0n) is 8.17. The number of quaternary nitrogens is 1. The molecule has 76 valence electrons. The van der Waals surface area contributed by atoms with Crippen molar-refractivity contribution in [2.75, 3.05) is 39.5 Å². The molecule has 13 heavy (non-hydrogen) atoms. The molecule has 0 saturated carbocycles. The van der Waals surface area contributed by atoms with Crippen LogP contribution in [-0.4, -0.2) is 45.4 Å². The van der Waals surface area contributed by atoms with Crippen molar-refractivity contribution < 1.29 is 19.2 Å². The first-order valence-electron chi connectivity index (χ1n) is 4.90. The monoisotopic (exact) mass is 188 g/mol. The number of nitrogens with one attached hydrogen (secondary N) is 1. The minimum atomic E-state index is -0.104. The normalized spacial score (nSPS) is 18.5. The molecule has 1 fully saturated rings. The third-order valence-electron chi connectivity index (χ3n) is 2.21. The van der Waals surface area contributed by atoms with Crippen molar-refractivity contribution in [3.8, 4) is 0 Å². The minimum absolute atomic E-state index is 0.104. The lowest BCUT2D eigenvalue weighted by molar-refractivity contribution is -0.908. The van der Waals surface area contributed by atoms with E-state index in [0.29, 0.717) is 13.0 Å². The predicted molar refractivity (Wildman–Crippen MR) is 47.6 cm³/mol. The van der Waals surface area contributed by atoms with Gasteiger partial charge in [0.15, 0.2) is 0 Å². The molecule has 0 aromatic heterocycles. The van der Waals surface area contributed by atoms with Crippen LogP contribution in [0.1, 0.15) is 13.3 Å². The topological polar surface area (TPSA) is 40.0 Å². The lowest BCUT2D eigenvalue weighted by Crippen LogP contribution is -3.14. The molecule has 1 aliphatic heterocycles. The van der Waals surface area contributed by atoms with Crippen LogP contribution in [0.15, 0.2) is 0 Å². The zero-order chi connectivity index (χ0) is 9.52. The second kappa shape index (κ2) is 5.94. The fourth-order valence-electron chi connectivity index (χ4n) is 1.32. The molecule has 1 aliphatic rings. The summed E-state index contributed by atoms with van der Waals surface area (Å²) in [5.74, 6) is -0.104. The Labute approximate surface area is 78.8 Å². The maximum absolute atomic E-state index is 10.8. The summed E-state index contributed by atoms with van der Waals surface area (Å²) in [6.07, 6.45) is 0.471. The SMILES string of the molecule is CCC(=O)OCC[NH+]1CCOCC1. The summed E-state index contributed by atoms with van der Waals surface area (Å²) < 4.78 is 10.2. The Kier molecular flexibility index (Phi) is 4.78. The van der Waals surface area contributed by atoms with Gasteiger partial charge in [-0.25, -0.2) is 0 Å². The molecule has 0 aromatic rings. The molecule has 1 N–H and O–H groups in total. The van der Waals surface area contributed by atoms with Crippen LogP contribution in [0.5, 0.6) is 0 Å². The van der Waals surface area contributed by atoms with Crippen LogP contribution in [0.3, 0.4) is 0 Å². The second-order valence-corrected chi connectivity index (χ2v) is 3.19. The van der Waals surface area contributed by atoms with E-state index in [0.717, 1.165) is 32.8 Å². The lowest BCUT2D eigenvalue weighted by atomic mass is 10.4.